The number of carbonyl (C=O) groups excluding carboxylic acids is 1. The van der Waals surface area contributed by atoms with Crippen LogP contribution in [0.4, 0.5) is 0 Å². The number of rotatable bonds is 7. The van der Waals surface area contributed by atoms with Crippen LogP contribution in [-0.4, -0.2) is 33.7 Å². The van der Waals surface area contributed by atoms with E-state index in [1.165, 1.54) is 7.05 Å². The van der Waals surface area contributed by atoms with Crippen molar-refractivity contribution in [2.24, 2.45) is 5.92 Å². The maximum absolute atomic E-state index is 11.3. The molecule has 0 atom stereocenters. The fourth-order valence-corrected chi connectivity index (χ4v) is 2.08. The molecule has 0 aliphatic rings. The number of carbonyl (C=O) groups is 1. The fraction of sp³-hybridized carbons (Fsp3) is 0.889. The molecule has 0 saturated carbocycles. The van der Waals surface area contributed by atoms with Gasteiger partial charge in [0.15, 0.2) is 0 Å². The first kappa shape index (κ1) is 14.4. The van der Waals surface area contributed by atoms with E-state index in [0.29, 0.717) is 12.5 Å². The molecule has 2 N–H and O–H groups in total. The third kappa shape index (κ3) is 8.38. The molecule has 6 heteroatoms. The Morgan fingerprint density at radius 3 is 2.40 bits per heavy atom. The van der Waals surface area contributed by atoms with E-state index in [9.17, 15) is 13.2 Å². The molecule has 0 aliphatic carbocycles. The minimum atomic E-state index is -3.45. The lowest BCUT2D eigenvalue weighted by atomic mass is 10.1. The summed E-state index contributed by atoms with van der Waals surface area (Å²) in [5, 5.41) is 2.27. The van der Waals surface area contributed by atoms with Crippen molar-refractivity contribution in [1.82, 2.24) is 10.0 Å². The van der Waals surface area contributed by atoms with Gasteiger partial charge in [-0.1, -0.05) is 13.8 Å². The Kier molecular flexibility index (Phi) is 6.51. The van der Waals surface area contributed by atoms with Crippen molar-refractivity contribution in [2.45, 2.75) is 26.7 Å². The van der Waals surface area contributed by atoms with Crippen LogP contribution in [0.2, 0.25) is 0 Å². The van der Waals surface area contributed by atoms with Gasteiger partial charge in [-0.15, -0.1) is 0 Å². The predicted octanol–water partition coefficient (Wildman–Crippen LogP) is 0.0880. The van der Waals surface area contributed by atoms with Gasteiger partial charge < -0.3 is 5.32 Å². The first-order valence-corrected chi connectivity index (χ1v) is 6.70. The molecule has 0 rings (SSSR count). The SMILES string of the molecule is CNC(=O)CS(=O)(=O)NCCCC(C)C. The highest BCUT2D eigenvalue weighted by Crippen LogP contribution is 2.02. The summed E-state index contributed by atoms with van der Waals surface area (Å²) in [7, 11) is -2.04. The number of hydrogen-bond acceptors (Lipinski definition) is 3. The Hall–Kier alpha value is -0.620. The van der Waals surface area contributed by atoms with Gasteiger partial charge in [0.2, 0.25) is 15.9 Å². The lowest BCUT2D eigenvalue weighted by Crippen LogP contribution is -2.35. The average Bonchev–Trinajstić information content (AvgIpc) is 2.11. The molecule has 0 fully saturated rings. The van der Waals surface area contributed by atoms with Gasteiger partial charge in [0.1, 0.15) is 5.75 Å². The highest BCUT2D eigenvalue weighted by atomic mass is 32.2. The molecule has 0 aliphatic heterocycles. The highest BCUT2D eigenvalue weighted by Gasteiger charge is 2.14. The van der Waals surface area contributed by atoms with E-state index in [0.717, 1.165) is 12.8 Å². The smallest absolute Gasteiger partial charge is 0.236 e. The zero-order chi connectivity index (χ0) is 11.9. The van der Waals surface area contributed by atoms with Crippen molar-refractivity contribution in [3.05, 3.63) is 0 Å². The van der Waals surface area contributed by atoms with Crippen LogP contribution in [0, 0.1) is 5.92 Å². The monoisotopic (exact) mass is 236 g/mol. The number of amides is 1. The number of hydrogen-bond donors (Lipinski definition) is 2. The average molecular weight is 236 g/mol. The lowest BCUT2D eigenvalue weighted by molar-refractivity contribution is -0.118. The van der Waals surface area contributed by atoms with Crippen molar-refractivity contribution in [3.8, 4) is 0 Å². The fourth-order valence-electron chi connectivity index (χ4n) is 1.03. The van der Waals surface area contributed by atoms with Gasteiger partial charge in [0.05, 0.1) is 0 Å². The van der Waals surface area contributed by atoms with Crippen molar-refractivity contribution in [2.75, 3.05) is 19.3 Å². The van der Waals surface area contributed by atoms with E-state index in [-0.39, 0.29) is 0 Å². The summed E-state index contributed by atoms with van der Waals surface area (Å²) in [6.45, 7) is 4.57. The molecular weight excluding hydrogens is 216 g/mol. The maximum atomic E-state index is 11.3. The molecule has 0 heterocycles. The highest BCUT2D eigenvalue weighted by molar-refractivity contribution is 7.90. The first-order chi connectivity index (χ1) is 6.87. The third-order valence-electron chi connectivity index (χ3n) is 1.88. The van der Waals surface area contributed by atoms with E-state index >= 15 is 0 Å². The molecule has 0 aromatic carbocycles. The van der Waals surface area contributed by atoms with Crippen LogP contribution in [-0.2, 0) is 14.8 Å². The minimum absolute atomic E-state index is 0.400. The van der Waals surface area contributed by atoms with Crippen molar-refractivity contribution in [1.29, 1.82) is 0 Å². The summed E-state index contributed by atoms with van der Waals surface area (Å²) in [6, 6.07) is 0. The van der Waals surface area contributed by atoms with E-state index in [1.54, 1.807) is 0 Å². The van der Waals surface area contributed by atoms with Crippen molar-refractivity contribution in [3.63, 3.8) is 0 Å². The molecule has 0 unspecified atom stereocenters. The normalized spacial score (nSPS) is 11.7. The molecular formula is C9H20N2O3S. The summed E-state index contributed by atoms with van der Waals surface area (Å²) in [6.07, 6.45) is 1.77. The van der Waals surface area contributed by atoms with E-state index in [4.69, 9.17) is 0 Å². The summed E-state index contributed by atoms with van der Waals surface area (Å²) in [5.74, 6) is -0.426. The van der Waals surface area contributed by atoms with Gasteiger partial charge in [0.25, 0.3) is 0 Å². The van der Waals surface area contributed by atoms with E-state index in [2.05, 4.69) is 23.9 Å². The largest absolute Gasteiger partial charge is 0.358 e. The second-order valence-electron chi connectivity index (χ2n) is 3.86. The van der Waals surface area contributed by atoms with Gasteiger partial charge in [-0.25, -0.2) is 13.1 Å². The van der Waals surface area contributed by atoms with Crippen LogP contribution >= 0.6 is 0 Å². The van der Waals surface area contributed by atoms with Crippen LogP contribution < -0.4 is 10.0 Å². The minimum Gasteiger partial charge on any atom is -0.358 e. The Labute approximate surface area is 91.7 Å². The van der Waals surface area contributed by atoms with Gasteiger partial charge >= 0.3 is 0 Å². The van der Waals surface area contributed by atoms with Gasteiger partial charge in [-0.3, -0.25) is 4.79 Å². The standard InChI is InChI=1S/C9H20N2O3S/c1-8(2)5-4-6-11-15(13,14)7-9(12)10-3/h8,11H,4-7H2,1-3H3,(H,10,12). The summed E-state index contributed by atoms with van der Waals surface area (Å²) < 4.78 is 24.9. The Morgan fingerprint density at radius 1 is 1.33 bits per heavy atom. The molecule has 5 nitrogen and oxygen atoms in total. The second-order valence-corrected chi connectivity index (χ2v) is 5.67. The molecule has 0 aromatic heterocycles. The topological polar surface area (TPSA) is 75.3 Å². The van der Waals surface area contributed by atoms with Crippen molar-refractivity contribution < 1.29 is 13.2 Å². The lowest BCUT2D eigenvalue weighted by Gasteiger charge is -2.07. The maximum Gasteiger partial charge on any atom is 0.236 e. The summed E-state index contributed by atoms with van der Waals surface area (Å²) in [5.41, 5.74) is 0. The third-order valence-corrected chi connectivity index (χ3v) is 3.17. The molecule has 0 bridgehead atoms. The van der Waals surface area contributed by atoms with Crippen LogP contribution in [0.1, 0.15) is 26.7 Å². The van der Waals surface area contributed by atoms with Gasteiger partial charge in [-0.2, -0.15) is 0 Å². The first-order valence-electron chi connectivity index (χ1n) is 5.05. The molecule has 1 amide bonds. The summed E-state index contributed by atoms with van der Waals surface area (Å²) in [4.78, 5) is 10.8. The van der Waals surface area contributed by atoms with Crippen LogP contribution in [0.25, 0.3) is 0 Å². The molecule has 0 radical (unpaired) electrons. The quantitative estimate of drug-likeness (QED) is 0.615. The van der Waals surface area contributed by atoms with Crippen LogP contribution in [0.3, 0.4) is 0 Å². The van der Waals surface area contributed by atoms with E-state index < -0.39 is 21.7 Å². The predicted molar refractivity (Wildman–Crippen MR) is 59.9 cm³/mol. The van der Waals surface area contributed by atoms with Gasteiger partial charge in [-0.05, 0) is 18.8 Å². The Morgan fingerprint density at radius 2 is 1.93 bits per heavy atom. The zero-order valence-electron chi connectivity index (χ0n) is 9.54. The van der Waals surface area contributed by atoms with Crippen LogP contribution in [0.15, 0.2) is 0 Å². The molecule has 0 aromatic rings. The van der Waals surface area contributed by atoms with Crippen molar-refractivity contribution >= 4 is 15.9 Å². The Balaban J connectivity index is 3.80. The molecule has 0 spiro atoms. The molecule has 0 saturated heterocycles. The number of nitrogens with one attached hydrogen (secondary N) is 2. The second kappa shape index (κ2) is 6.79. The molecule has 90 valence electrons. The zero-order valence-corrected chi connectivity index (χ0v) is 10.4. The van der Waals surface area contributed by atoms with Crippen LogP contribution in [0.5, 0.6) is 0 Å². The summed E-state index contributed by atoms with van der Waals surface area (Å²) >= 11 is 0. The Bertz CT molecular complexity index is 286. The van der Waals surface area contributed by atoms with E-state index in [1.807, 2.05) is 0 Å². The molecule has 15 heavy (non-hydrogen) atoms. The number of sulfonamides is 1. The van der Waals surface area contributed by atoms with Gasteiger partial charge in [0, 0.05) is 13.6 Å².